The fraction of sp³-hybridized carbons (Fsp3) is 0.375. The molecule has 5 nitrogen and oxygen atoms in total. The summed E-state index contributed by atoms with van der Waals surface area (Å²) >= 11 is 6.28. The molecule has 1 aliphatic carbocycles. The first-order chi connectivity index (χ1) is 14.6. The Balaban J connectivity index is 1.43. The Morgan fingerprint density at radius 2 is 1.80 bits per heavy atom. The van der Waals surface area contributed by atoms with Gasteiger partial charge >= 0.3 is 0 Å². The predicted octanol–water partition coefficient (Wildman–Crippen LogP) is 5.18. The van der Waals surface area contributed by atoms with Crippen LogP contribution in [0.5, 0.6) is 0 Å². The van der Waals surface area contributed by atoms with E-state index in [0.29, 0.717) is 11.8 Å². The molecular weight excluding hydrogens is 394 g/mol. The number of halogens is 1. The minimum atomic E-state index is 0.397. The maximum Gasteiger partial charge on any atom is 0.151 e. The summed E-state index contributed by atoms with van der Waals surface area (Å²) in [7, 11) is 2.11. The molecule has 152 valence electrons. The monoisotopic (exact) mass is 417 g/mol. The van der Waals surface area contributed by atoms with Crippen LogP contribution in [0.15, 0.2) is 42.5 Å². The normalized spacial score (nSPS) is 21.4. The Morgan fingerprint density at radius 1 is 1.00 bits per heavy atom. The van der Waals surface area contributed by atoms with Crippen LogP contribution in [0.1, 0.15) is 65.9 Å². The Bertz CT molecular complexity index is 1120. The molecule has 0 amide bonds. The zero-order valence-corrected chi connectivity index (χ0v) is 17.8. The quantitative estimate of drug-likeness (QED) is 0.576. The lowest BCUT2D eigenvalue weighted by molar-refractivity contribution is 0.315. The Kier molecular flexibility index (Phi) is 5.06. The van der Waals surface area contributed by atoms with Gasteiger partial charge in [0.15, 0.2) is 5.82 Å². The maximum atomic E-state index is 9.20. The van der Waals surface area contributed by atoms with Crippen molar-refractivity contribution in [3.63, 3.8) is 0 Å². The third-order valence-electron chi connectivity index (χ3n) is 6.47. The molecule has 1 aliphatic heterocycles. The largest absolute Gasteiger partial charge is 0.295 e. The molecule has 0 unspecified atom stereocenters. The second kappa shape index (κ2) is 7.86. The SMILES string of the molecule is CN1Cc2cc(Cl)ccc2-n2c(nnc2C2CCC(c3cccc(C#N)c3)CC2)C1. The van der Waals surface area contributed by atoms with Crippen LogP contribution in [0, 0.1) is 11.3 Å². The highest BCUT2D eigenvalue weighted by molar-refractivity contribution is 6.30. The Labute approximate surface area is 181 Å². The van der Waals surface area contributed by atoms with Crippen LogP contribution < -0.4 is 0 Å². The fourth-order valence-corrected chi connectivity index (χ4v) is 5.19. The Morgan fingerprint density at radius 3 is 2.60 bits per heavy atom. The number of rotatable bonds is 2. The topological polar surface area (TPSA) is 57.7 Å². The summed E-state index contributed by atoms with van der Waals surface area (Å²) in [5, 5.41) is 19.2. The van der Waals surface area contributed by atoms with E-state index in [2.05, 4.69) is 51.0 Å². The summed E-state index contributed by atoms with van der Waals surface area (Å²) in [6.45, 7) is 1.62. The lowest BCUT2D eigenvalue weighted by Gasteiger charge is -2.29. The van der Waals surface area contributed by atoms with Gasteiger partial charge in [-0.1, -0.05) is 23.7 Å². The molecule has 0 atom stereocenters. The molecule has 5 rings (SSSR count). The first kappa shape index (κ1) is 19.3. The van der Waals surface area contributed by atoms with Crippen LogP contribution >= 0.6 is 11.6 Å². The van der Waals surface area contributed by atoms with Crippen molar-refractivity contribution in [2.75, 3.05) is 7.05 Å². The second-order valence-electron chi connectivity index (χ2n) is 8.54. The van der Waals surface area contributed by atoms with Gasteiger partial charge in [-0.3, -0.25) is 9.47 Å². The van der Waals surface area contributed by atoms with Gasteiger partial charge in [0.1, 0.15) is 5.82 Å². The van der Waals surface area contributed by atoms with Crippen LogP contribution in [0.25, 0.3) is 5.69 Å². The highest BCUT2D eigenvalue weighted by Gasteiger charge is 2.30. The fourth-order valence-electron chi connectivity index (χ4n) is 4.99. The molecule has 2 heterocycles. The molecule has 0 bridgehead atoms. The lowest BCUT2D eigenvalue weighted by atomic mass is 9.78. The average Bonchev–Trinajstić information content (AvgIpc) is 3.11. The van der Waals surface area contributed by atoms with E-state index in [0.717, 1.165) is 66.7 Å². The zero-order chi connectivity index (χ0) is 20.7. The first-order valence-corrected chi connectivity index (χ1v) is 10.9. The minimum Gasteiger partial charge on any atom is -0.295 e. The van der Waals surface area contributed by atoms with Gasteiger partial charge in [0, 0.05) is 17.5 Å². The average molecular weight is 418 g/mol. The van der Waals surface area contributed by atoms with E-state index in [1.807, 2.05) is 24.3 Å². The van der Waals surface area contributed by atoms with E-state index in [9.17, 15) is 5.26 Å². The molecule has 1 fully saturated rings. The standard InChI is InChI=1S/C24H24ClN5/c1-29-14-20-12-21(25)9-10-22(20)30-23(15-29)27-28-24(30)18-7-5-17(6-8-18)19-4-2-3-16(11-19)13-26/h2-4,9-12,17-18H,5-8,14-15H2,1H3. The summed E-state index contributed by atoms with van der Waals surface area (Å²) < 4.78 is 2.27. The van der Waals surface area contributed by atoms with Gasteiger partial charge in [-0.15, -0.1) is 10.2 Å². The molecule has 1 saturated carbocycles. The summed E-state index contributed by atoms with van der Waals surface area (Å²) in [6.07, 6.45) is 4.38. The molecular formula is C24H24ClN5. The van der Waals surface area contributed by atoms with Gasteiger partial charge in [-0.2, -0.15) is 5.26 Å². The lowest BCUT2D eigenvalue weighted by Crippen LogP contribution is -2.17. The minimum absolute atomic E-state index is 0.397. The Hall–Kier alpha value is -2.68. The summed E-state index contributed by atoms with van der Waals surface area (Å²) in [5.74, 6) is 2.98. The van der Waals surface area contributed by atoms with Crippen molar-refractivity contribution in [3.8, 4) is 11.8 Å². The van der Waals surface area contributed by atoms with Crippen LogP contribution in [0.3, 0.4) is 0 Å². The van der Waals surface area contributed by atoms with Gasteiger partial charge in [-0.05, 0) is 80.1 Å². The van der Waals surface area contributed by atoms with E-state index in [-0.39, 0.29) is 0 Å². The number of aromatic nitrogens is 3. The molecule has 1 aromatic heterocycles. The van der Waals surface area contributed by atoms with Gasteiger partial charge < -0.3 is 0 Å². The van der Waals surface area contributed by atoms with Crippen LogP contribution in [0.4, 0.5) is 0 Å². The molecule has 2 aliphatic rings. The van der Waals surface area contributed by atoms with Crippen LogP contribution in [-0.2, 0) is 13.1 Å². The first-order valence-electron chi connectivity index (χ1n) is 10.5. The number of hydrogen-bond acceptors (Lipinski definition) is 4. The van der Waals surface area contributed by atoms with E-state index in [1.54, 1.807) is 0 Å². The van der Waals surface area contributed by atoms with Crippen molar-refractivity contribution >= 4 is 11.6 Å². The van der Waals surface area contributed by atoms with E-state index in [1.165, 1.54) is 11.1 Å². The number of hydrogen-bond donors (Lipinski definition) is 0. The smallest absolute Gasteiger partial charge is 0.151 e. The highest BCUT2D eigenvalue weighted by atomic mass is 35.5. The molecule has 30 heavy (non-hydrogen) atoms. The molecule has 0 saturated heterocycles. The van der Waals surface area contributed by atoms with Crippen molar-refractivity contribution in [2.24, 2.45) is 0 Å². The van der Waals surface area contributed by atoms with Crippen molar-refractivity contribution in [1.82, 2.24) is 19.7 Å². The zero-order valence-electron chi connectivity index (χ0n) is 17.1. The molecule has 0 spiro atoms. The van der Waals surface area contributed by atoms with E-state index in [4.69, 9.17) is 11.6 Å². The molecule has 0 N–H and O–H groups in total. The van der Waals surface area contributed by atoms with E-state index >= 15 is 0 Å². The maximum absolute atomic E-state index is 9.20. The third-order valence-corrected chi connectivity index (χ3v) is 6.70. The van der Waals surface area contributed by atoms with Crippen molar-refractivity contribution < 1.29 is 0 Å². The number of nitriles is 1. The summed E-state index contributed by atoms with van der Waals surface area (Å²) in [4.78, 5) is 2.26. The summed E-state index contributed by atoms with van der Waals surface area (Å²) in [6, 6.07) is 16.5. The van der Waals surface area contributed by atoms with E-state index < -0.39 is 0 Å². The van der Waals surface area contributed by atoms with Crippen LogP contribution in [0.2, 0.25) is 5.02 Å². The van der Waals surface area contributed by atoms with Crippen molar-refractivity contribution in [3.05, 3.63) is 75.8 Å². The van der Waals surface area contributed by atoms with Gasteiger partial charge in [0.2, 0.25) is 0 Å². The molecule has 3 aromatic rings. The number of benzene rings is 2. The highest BCUT2D eigenvalue weighted by Crippen LogP contribution is 2.41. The second-order valence-corrected chi connectivity index (χ2v) is 8.98. The predicted molar refractivity (Wildman–Crippen MR) is 117 cm³/mol. The molecule has 2 aromatic carbocycles. The van der Waals surface area contributed by atoms with Gasteiger partial charge in [0.05, 0.1) is 23.9 Å². The number of fused-ring (bicyclic) bond motifs is 3. The van der Waals surface area contributed by atoms with Crippen LogP contribution in [-0.4, -0.2) is 26.7 Å². The summed E-state index contributed by atoms with van der Waals surface area (Å²) in [5.41, 5.74) is 4.40. The number of nitrogens with zero attached hydrogens (tertiary/aromatic N) is 5. The van der Waals surface area contributed by atoms with Gasteiger partial charge in [-0.25, -0.2) is 0 Å². The van der Waals surface area contributed by atoms with Crippen molar-refractivity contribution in [2.45, 2.75) is 50.6 Å². The third kappa shape index (κ3) is 3.51. The van der Waals surface area contributed by atoms with Gasteiger partial charge in [0.25, 0.3) is 0 Å². The molecule has 0 radical (unpaired) electrons. The van der Waals surface area contributed by atoms with Crippen molar-refractivity contribution in [1.29, 1.82) is 5.26 Å². The molecule has 6 heteroatoms.